The topological polar surface area (TPSA) is 38.8 Å². The highest BCUT2D eigenvalue weighted by molar-refractivity contribution is 5.81. The lowest BCUT2D eigenvalue weighted by Gasteiger charge is -2.30. The first-order chi connectivity index (χ1) is 11.1. The van der Waals surface area contributed by atoms with E-state index in [1.165, 1.54) is 0 Å². The first-order valence-corrected chi connectivity index (χ1v) is 9.60. The average molecular weight is 341 g/mol. The summed E-state index contributed by atoms with van der Waals surface area (Å²) >= 11 is 0. The van der Waals surface area contributed by atoms with Gasteiger partial charge >= 0.3 is 0 Å². The highest BCUT2D eigenvalue weighted by Gasteiger charge is 2.22. The van der Waals surface area contributed by atoms with Crippen LogP contribution in [0.5, 0.6) is 0 Å². The third-order valence-electron chi connectivity index (χ3n) is 4.94. The SMILES string of the molecule is CC(C)N1CCN(CCNC(=O)C(C)(C)C)CCN(C(C)C)CC1. The maximum absolute atomic E-state index is 12.0. The van der Waals surface area contributed by atoms with Crippen LogP contribution in [-0.2, 0) is 4.79 Å². The highest BCUT2D eigenvalue weighted by atomic mass is 16.2. The first kappa shape index (κ1) is 21.4. The van der Waals surface area contributed by atoms with Crippen molar-refractivity contribution in [2.24, 2.45) is 5.41 Å². The molecule has 1 aliphatic heterocycles. The first-order valence-electron chi connectivity index (χ1n) is 9.60. The molecule has 1 aliphatic rings. The summed E-state index contributed by atoms with van der Waals surface area (Å²) in [6.45, 7) is 23.3. The summed E-state index contributed by atoms with van der Waals surface area (Å²) in [5.74, 6) is 0.138. The van der Waals surface area contributed by atoms with Gasteiger partial charge in [-0.3, -0.25) is 19.5 Å². The molecule has 1 heterocycles. The molecule has 24 heavy (non-hydrogen) atoms. The van der Waals surface area contributed by atoms with Crippen LogP contribution in [0.25, 0.3) is 0 Å². The van der Waals surface area contributed by atoms with Crippen LogP contribution in [0, 0.1) is 5.41 Å². The van der Waals surface area contributed by atoms with Crippen LogP contribution in [0.1, 0.15) is 48.5 Å². The third-order valence-corrected chi connectivity index (χ3v) is 4.94. The fraction of sp³-hybridized carbons (Fsp3) is 0.947. The summed E-state index contributed by atoms with van der Waals surface area (Å²) in [4.78, 5) is 19.7. The van der Waals surface area contributed by atoms with Crippen molar-refractivity contribution in [1.29, 1.82) is 0 Å². The van der Waals surface area contributed by atoms with E-state index in [9.17, 15) is 4.79 Å². The fourth-order valence-corrected chi connectivity index (χ4v) is 2.98. The number of nitrogens with zero attached hydrogens (tertiary/aromatic N) is 3. The summed E-state index contributed by atoms with van der Waals surface area (Å²) in [5.41, 5.74) is -0.309. The van der Waals surface area contributed by atoms with Crippen molar-refractivity contribution in [3.63, 3.8) is 0 Å². The Hall–Kier alpha value is -0.650. The van der Waals surface area contributed by atoms with Crippen LogP contribution in [0.15, 0.2) is 0 Å². The number of rotatable bonds is 5. The van der Waals surface area contributed by atoms with Crippen molar-refractivity contribution in [2.45, 2.75) is 60.5 Å². The van der Waals surface area contributed by atoms with Crippen molar-refractivity contribution in [3.8, 4) is 0 Å². The van der Waals surface area contributed by atoms with Gasteiger partial charge in [-0.25, -0.2) is 0 Å². The molecule has 0 unspecified atom stereocenters. The zero-order valence-corrected chi connectivity index (χ0v) is 17.1. The van der Waals surface area contributed by atoms with Gasteiger partial charge < -0.3 is 5.32 Å². The summed E-state index contributed by atoms with van der Waals surface area (Å²) in [5, 5.41) is 3.08. The molecular weight excluding hydrogens is 300 g/mol. The molecule has 1 saturated heterocycles. The summed E-state index contributed by atoms with van der Waals surface area (Å²) in [7, 11) is 0. The van der Waals surface area contributed by atoms with E-state index < -0.39 is 0 Å². The molecule has 0 aromatic carbocycles. The molecule has 0 aliphatic carbocycles. The Morgan fingerprint density at radius 3 is 1.67 bits per heavy atom. The fourth-order valence-electron chi connectivity index (χ4n) is 2.98. The maximum Gasteiger partial charge on any atom is 0.225 e. The zero-order valence-electron chi connectivity index (χ0n) is 17.1. The molecule has 142 valence electrons. The molecule has 0 aromatic heterocycles. The average Bonchev–Trinajstić information content (AvgIpc) is 2.56. The van der Waals surface area contributed by atoms with Crippen LogP contribution in [-0.4, -0.2) is 85.0 Å². The van der Waals surface area contributed by atoms with E-state index >= 15 is 0 Å². The van der Waals surface area contributed by atoms with Gasteiger partial charge in [-0.1, -0.05) is 20.8 Å². The molecule has 0 spiro atoms. The van der Waals surface area contributed by atoms with Crippen molar-refractivity contribution in [1.82, 2.24) is 20.0 Å². The second-order valence-electron chi connectivity index (χ2n) is 8.61. The lowest BCUT2D eigenvalue weighted by atomic mass is 9.96. The van der Waals surface area contributed by atoms with Crippen molar-refractivity contribution < 1.29 is 4.79 Å². The molecule has 0 radical (unpaired) electrons. The lowest BCUT2D eigenvalue weighted by Crippen LogP contribution is -2.43. The Kier molecular flexibility index (Phi) is 8.68. The number of hydrogen-bond acceptors (Lipinski definition) is 4. The van der Waals surface area contributed by atoms with E-state index in [-0.39, 0.29) is 11.3 Å². The molecule has 1 rings (SSSR count). The zero-order chi connectivity index (χ0) is 18.3. The van der Waals surface area contributed by atoms with Gasteiger partial charge in [0.2, 0.25) is 5.91 Å². The Balaban J connectivity index is 2.57. The van der Waals surface area contributed by atoms with Crippen LogP contribution in [0.4, 0.5) is 0 Å². The number of carbonyl (C=O) groups excluding carboxylic acids is 1. The van der Waals surface area contributed by atoms with Crippen molar-refractivity contribution in [2.75, 3.05) is 52.4 Å². The normalized spacial score (nSPS) is 20.0. The lowest BCUT2D eigenvalue weighted by molar-refractivity contribution is -0.128. The van der Waals surface area contributed by atoms with E-state index in [1.54, 1.807) is 0 Å². The molecule has 0 atom stereocenters. The van der Waals surface area contributed by atoms with Gasteiger partial charge in [0.25, 0.3) is 0 Å². The Morgan fingerprint density at radius 2 is 1.29 bits per heavy atom. The predicted molar refractivity (Wildman–Crippen MR) is 102 cm³/mol. The largest absolute Gasteiger partial charge is 0.354 e. The minimum Gasteiger partial charge on any atom is -0.354 e. The molecule has 5 heteroatoms. The minimum absolute atomic E-state index is 0.138. The summed E-state index contributed by atoms with van der Waals surface area (Å²) in [6.07, 6.45) is 0. The Bertz CT molecular complexity index is 356. The standard InChI is InChI=1S/C19H40N4O/c1-16(2)22-12-10-21(9-8-20-18(24)19(5,6)7)11-13-23(15-14-22)17(3)4/h16-17H,8-15H2,1-7H3,(H,20,24). The van der Waals surface area contributed by atoms with E-state index in [2.05, 4.69) is 47.7 Å². The van der Waals surface area contributed by atoms with E-state index in [0.29, 0.717) is 12.1 Å². The van der Waals surface area contributed by atoms with Gasteiger partial charge in [0.1, 0.15) is 0 Å². The van der Waals surface area contributed by atoms with Gasteiger partial charge in [0.15, 0.2) is 0 Å². The predicted octanol–water partition coefficient (Wildman–Crippen LogP) is 1.89. The van der Waals surface area contributed by atoms with Gasteiger partial charge in [0, 0.05) is 69.9 Å². The molecule has 0 saturated carbocycles. The molecule has 1 fully saturated rings. The monoisotopic (exact) mass is 340 g/mol. The van der Waals surface area contributed by atoms with Crippen LogP contribution in [0.2, 0.25) is 0 Å². The molecule has 1 amide bonds. The second kappa shape index (κ2) is 9.73. The van der Waals surface area contributed by atoms with Gasteiger partial charge in [-0.05, 0) is 27.7 Å². The number of nitrogens with one attached hydrogen (secondary N) is 1. The van der Waals surface area contributed by atoms with Gasteiger partial charge in [-0.2, -0.15) is 0 Å². The highest BCUT2D eigenvalue weighted by Crippen LogP contribution is 2.12. The van der Waals surface area contributed by atoms with Gasteiger partial charge in [-0.15, -0.1) is 0 Å². The second-order valence-corrected chi connectivity index (χ2v) is 8.61. The van der Waals surface area contributed by atoms with Gasteiger partial charge in [0.05, 0.1) is 0 Å². The van der Waals surface area contributed by atoms with Crippen molar-refractivity contribution >= 4 is 5.91 Å². The molecule has 0 bridgehead atoms. The quantitative estimate of drug-likeness (QED) is 0.829. The third kappa shape index (κ3) is 7.49. The number of hydrogen-bond donors (Lipinski definition) is 1. The molecular formula is C19H40N4O. The van der Waals surface area contributed by atoms with E-state index in [1.807, 2.05) is 20.8 Å². The Morgan fingerprint density at radius 1 is 0.875 bits per heavy atom. The Labute approximate surface area is 149 Å². The summed E-state index contributed by atoms with van der Waals surface area (Å²) in [6, 6.07) is 1.17. The van der Waals surface area contributed by atoms with Crippen LogP contribution >= 0.6 is 0 Å². The molecule has 0 aromatic rings. The summed E-state index contributed by atoms with van der Waals surface area (Å²) < 4.78 is 0. The maximum atomic E-state index is 12.0. The number of carbonyl (C=O) groups is 1. The number of amides is 1. The minimum atomic E-state index is -0.309. The molecule has 1 N–H and O–H groups in total. The smallest absolute Gasteiger partial charge is 0.225 e. The van der Waals surface area contributed by atoms with E-state index in [4.69, 9.17) is 0 Å². The molecule has 5 nitrogen and oxygen atoms in total. The van der Waals surface area contributed by atoms with E-state index in [0.717, 1.165) is 52.4 Å². The van der Waals surface area contributed by atoms with Crippen molar-refractivity contribution in [3.05, 3.63) is 0 Å². The van der Waals surface area contributed by atoms with Crippen LogP contribution < -0.4 is 5.32 Å². The van der Waals surface area contributed by atoms with Crippen LogP contribution in [0.3, 0.4) is 0 Å².